The van der Waals surface area contributed by atoms with Gasteiger partial charge in [0.15, 0.2) is 23.2 Å². The quantitative estimate of drug-likeness (QED) is 0.736. The Morgan fingerprint density at radius 1 is 1.38 bits per heavy atom. The first-order chi connectivity index (χ1) is 9.73. The summed E-state index contributed by atoms with van der Waals surface area (Å²) >= 11 is 0. The molecule has 2 aromatic rings. The highest BCUT2D eigenvalue weighted by Crippen LogP contribution is 2.27. The molecule has 21 heavy (non-hydrogen) atoms. The maximum Gasteiger partial charge on any atom is 0.260 e. The van der Waals surface area contributed by atoms with E-state index >= 15 is 0 Å². The number of nitrogens with zero attached hydrogens (tertiary/aromatic N) is 2. The van der Waals surface area contributed by atoms with E-state index in [2.05, 4.69) is 10.4 Å². The average molecular weight is 300 g/mol. The third-order valence-corrected chi connectivity index (χ3v) is 2.88. The standard InChI is InChI=1S/C12H11F3N4O2/c1-4-9(16)11(19(2)18-4)17-12(21)5-3-6(13)8(15)10(20)7(5)14/h3,20H,16H2,1-2H3,(H,17,21). The van der Waals surface area contributed by atoms with Crippen LogP contribution in [-0.2, 0) is 7.05 Å². The number of nitrogens with two attached hydrogens (primary N) is 1. The minimum atomic E-state index is -1.76. The van der Waals surface area contributed by atoms with E-state index in [4.69, 9.17) is 10.8 Å². The molecule has 6 nitrogen and oxygen atoms in total. The van der Waals surface area contributed by atoms with E-state index in [1.54, 1.807) is 6.92 Å². The maximum atomic E-state index is 13.6. The Morgan fingerprint density at radius 3 is 2.52 bits per heavy atom. The van der Waals surface area contributed by atoms with Gasteiger partial charge in [0.2, 0.25) is 5.82 Å². The van der Waals surface area contributed by atoms with E-state index < -0.39 is 34.7 Å². The first-order valence-corrected chi connectivity index (χ1v) is 5.71. The van der Waals surface area contributed by atoms with Crippen LogP contribution in [0.1, 0.15) is 16.1 Å². The van der Waals surface area contributed by atoms with Gasteiger partial charge in [-0.3, -0.25) is 9.48 Å². The number of aryl methyl sites for hydroxylation is 2. The third kappa shape index (κ3) is 2.37. The molecule has 0 fully saturated rings. The number of hydrogen-bond acceptors (Lipinski definition) is 4. The highest BCUT2D eigenvalue weighted by Gasteiger charge is 2.24. The van der Waals surface area contributed by atoms with Crippen LogP contribution in [-0.4, -0.2) is 20.8 Å². The summed E-state index contributed by atoms with van der Waals surface area (Å²) in [7, 11) is 1.48. The second-order valence-electron chi connectivity index (χ2n) is 4.31. The molecule has 0 aliphatic heterocycles. The Balaban J connectivity index is 2.42. The van der Waals surface area contributed by atoms with E-state index in [1.807, 2.05) is 0 Å². The molecule has 2 rings (SSSR count). The normalized spacial score (nSPS) is 10.7. The number of aromatic nitrogens is 2. The second kappa shape index (κ2) is 5.00. The number of phenols is 1. The second-order valence-corrected chi connectivity index (χ2v) is 4.31. The Labute approximate surface area is 117 Å². The summed E-state index contributed by atoms with van der Waals surface area (Å²) in [6, 6.07) is 0.346. The number of carbonyl (C=O) groups excluding carboxylic acids is 1. The smallest absolute Gasteiger partial charge is 0.260 e. The largest absolute Gasteiger partial charge is 0.503 e. The lowest BCUT2D eigenvalue weighted by atomic mass is 10.1. The fourth-order valence-electron chi connectivity index (χ4n) is 1.75. The Bertz CT molecular complexity index is 743. The monoisotopic (exact) mass is 300 g/mol. The van der Waals surface area contributed by atoms with Crippen molar-refractivity contribution in [2.75, 3.05) is 11.1 Å². The topological polar surface area (TPSA) is 93.2 Å². The Morgan fingerprint density at radius 2 is 2.00 bits per heavy atom. The summed E-state index contributed by atoms with van der Waals surface area (Å²) in [4.78, 5) is 11.9. The molecule has 0 bridgehead atoms. The number of benzene rings is 1. The van der Waals surface area contributed by atoms with Crippen molar-refractivity contribution in [1.29, 1.82) is 0 Å². The number of amides is 1. The van der Waals surface area contributed by atoms with Crippen LogP contribution in [0.2, 0.25) is 0 Å². The number of carbonyl (C=O) groups is 1. The van der Waals surface area contributed by atoms with Gasteiger partial charge in [0, 0.05) is 7.05 Å². The molecule has 1 aromatic heterocycles. The minimum Gasteiger partial charge on any atom is -0.503 e. The minimum absolute atomic E-state index is 0.0705. The lowest BCUT2D eigenvalue weighted by Gasteiger charge is -2.09. The molecule has 1 heterocycles. The van der Waals surface area contributed by atoms with Crippen LogP contribution in [0.25, 0.3) is 0 Å². The Hall–Kier alpha value is -2.71. The first kappa shape index (κ1) is 14.7. The number of rotatable bonds is 2. The van der Waals surface area contributed by atoms with Gasteiger partial charge in [-0.15, -0.1) is 0 Å². The summed E-state index contributed by atoms with van der Waals surface area (Å²) in [5.41, 5.74) is 5.40. The fourth-order valence-corrected chi connectivity index (χ4v) is 1.75. The molecular weight excluding hydrogens is 289 g/mol. The summed E-state index contributed by atoms with van der Waals surface area (Å²) in [5.74, 6) is -7.47. The molecule has 1 aromatic carbocycles. The van der Waals surface area contributed by atoms with Crippen molar-refractivity contribution in [1.82, 2.24) is 9.78 Å². The summed E-state index contributed by atoms with van der Waals surface area (Å²) in [5, 5.41) is 15.2. The average Bonchev–Trinajstić information content (AvgIpc) is 2.67. The number of aromatic hydroxyl groups is 1. The van der Waals surface area contributed by atoms with Gasteiger partial charge in [0.05, 0.1) is 16.9 Å². The highest BCUT2D eigenvalue weighted by atomic mass is 19.2. The number of anilines is 2. The Kier molecular flexibility index (Phi) is 3.50. The van der Waals surface area contributed by atoms with Crippen molar-refractivity contribution >= 4 is 17.4 Å². The summed E-state index contributed by atoms with van der Waals surface area (Å²) in [6.45, 7) is 1.59. The molecule has 0 radical (unpaired) electrons. The van der Waals surface area contributed by atoms with E-state index in [9.17, 15) is 18.0 Å². The van der Waals surface area contributed by atoms with Gasteiger partial charge in [-0.25, -0.2) is 8.78 Å². The molecule has 0 saturated heterocycles. The van der Waals surface area contributed by atoms with Crippen LogP contribution in [0.4, 0.5) is 24.7 Å². The highest BCUT2D eigenvalue weighted by molar-refractivity contribution is 6.05. The number of hydrogen-bond donors (Lipinski definition) is 3. The molecule has 9 heteroatoms. The van der Waals surface area contributed by atoms with Gasteiger partial charge < -0.3 is 16.2 Å². The van der Waals surface area contributed by atoms with Crippen LogP contribution in [0.15, 0.2) is 6.07 Å². The summed E-state index contributed by atoms with van der Waals surface area (Å²) < 4.78 is 41.0. The number of phenolic OH excluding ortho intramolecular Hbond substituents is 1. The number of nitrogen functional groups attached to an aromatic ring is 1. The molecule has 0 saturated carbocycles. The van der Waals surface area contributed by atoms with Crippen LogP contribution in [0.5, 0.6) is 5.75 Å². The lowest BCUT2D eigenvalue weighted by molar-refractivity contribution is 0.102. The fraction of sp³-hybridized carbons (Fsp3) is 0.167. The molecule has 0 aliphatic rings. The predicted octanol–water partition coefficient (Wildman–Crippen LogP) is 1.69. The van der Waals surface area contributed by atoms with Crippen LogP contribution in [0.3, 0.4) is 0 Å². The zero-order valence-electron chi connectivity index (χ0n) is 11.0. The van der Waals surface area contributed by atoms with Crippen LogP contribution >= 0.6 is 0 Å². The van der Waals surface area contributed by atoms with Crippen LogP contribution in [0, 0.1) is 24.4 Å². The molecule has 4 N–H and O–H groups in total. The van der Waals surface area contributed by atoms with Gasteiger partial charge in [0.1, 0.15) is 0 Å². The van der Waals surface area contributed by atoms with Crippen molar-refractivity contribution in [3.63, 3.8) is 0 Å². The predicted molar refractivity (Wildman–Crippen MR) is 68.3 cm³/mol. The van der Waals surface area contributed by atoms with Crippen molar-refractivity contribution in [3.8, 4) is 5.75 Å². The van der Waals surface area contributed by atoms with Gasteiger partial charge in [-0.05, 0) is 13.0 Å². The van der Waals surface area contributed by atoms with E-state index in [0.29, 0.717) is 11.8 Å². The molecule has 0 atom stereocenters. The lowest BCUT2D eigenvalue weighted by Crippen LogP contribution is -2.17. The zero-order valence-corrected chi connectivity index (χ0v) is 11.0. The maximum absolute atomic E-state index is 13.6. The number of halogens is 3. The van der Waals surface area contributed by atoms with E-state index in [0.717, 1.165) is 0 Å². The molecular formula is C12H11F3N4O2. The van der Waals surface area contributed by atoms with Gasteiger partial charge in [0.25, 0.3) is 5.91 Å². The summed E-state index contributed by atoms with van der Waals surface area (Å²) in [6.07, 6.45) is 0. The first-order valence-electron chi connectivity index (χ1n) is 5.71. The van der Waals surface area contributed by atoms with Gasteiger partial charge in [-0.1, -0.05) is 0 Å². The van der Waals surface area contributed by atoms with Crippen molar-refractivity contribution < 1.29 is 23.1 Å². The molecule has 112 valence electrons. The molecule has 1 amide bonds. The van der Waals surface area contributed by atoms with Gasteiger partial charge in [-0.2, -0.15) is 9.49 Å². The molecule has 0 spiro atoms. The van der Waals surface area contributed by atoms with Crippen molar-refractivity contribution in [2.45, 2.75) is 6.92 Å². The SMILES string of the molecule is Cc1nn(C)c(NC(=O)c2cc(F)c(F)c(O)c2F)c1N. The zero-order chi connectivity index (χ0) is 15.9. The molecule has 0 aliphatic carbocycles. The molecule has 0 unspecified atom stereocenters. The van der Waals surface area contributed by atoms with E-state index in [-0.39, 0.29) is 11.5 Å². The third-order valence-electron chi connectivity index (χ3n) is 2.88. The van der Waals surface area contributed by atoms with E-state index in [1.165, 1.54) is 11.7 Å². The van der Waals surface area contributed by atoms with Crippen molar-refractivity contribution in [2.24, 2.45) is 7.05 Å². The van der Waals surface area contributed by atoms with Crippen LogP contribution < -0.4 is 11.1 Å². The van der Waals surface area contributed by atoms with Crippen molar-refractivity contribution in [3.05, 3.63) is 34.8 Å². The number of nitrogens with one attached hydrogen (secondary N) is 1. The van der Waals surface area contributed by atoms with Gasteiger partial charge >= 0.3 is 0 Å².